The third kappa shape index (κ3) is 2.15. The summed E-state index contributed by atoms with van der Waals surface area (Å²) in [4.78, 5) is 16.7. The summed E-state index contributed by atoms with van der Waals surface area (Å²) >= 11 is 5.88. The number of nitrogens with one attached hydrogen (secondary N) is 1. The first kappa shape index (κ1) is 10.7. The summed E-state index contributed by atoms with van der Waals surface area (Å²) in [6, 6.07) is 0.464. The molecule has 2 heterocycles. The van der Waals surface area contributed by atoms with Crippen molar-refractivity contribution in [1.82, 2.24) is 19.9 Å². The van der Waals surface area contributed by atoms with Gasteiger partial charge in [0, 0.05) is 18.4 Å². The summed E-state index contributed by atoms with van der Waals surface area (Å²) in [7, 11) is 0. The fourth-order valence-electron chi connectivity index (χ4n) is 2.20. The molecule has 1 N–H and O–H groups in total. The normalized spacial score (nSPS) is 16.5. The van der Waals surface area contributed by atoms with Crippen molar-refractivity contribution in [3.05, 3.63) is 17.7 Å². The zero-order valence-corrected chi connectivity index (χ0v) is 9.98. The SMILES string of the molecule is Clc1nc(NC2CCCC2)c2nccnc2n1. The molecule has 0 radical (unpaired) electrons. The minimum Gasteiger partial charge on any atom is -0.365 e. The van der Waals surface area contributed by atoms with Gasteiger partial charge in [-0.15, -0.1) is 0 Å². The van der Waals surface area contributed by atoms with Crippen molar-refractivity contribution in [3.8, 4) is 0 Å². The molecule has 1 fully saturated rings. The lowest BCUT2D eigenvalue weighted by atomic mass is 10.2. The second-order valence-corrected chi connectivity index (χ2v) is 4.53. The number of aromatic nitrogens is 4. The molecular formula is C11H12ClN5. The molecule has 5 nitrogen and oxygen atoms in total. The molecule has 0 bridgehead atoms. The maximum absolute atomic E-state index is 5.88. The molecule has 0 aromatic carbocycles. The van der Waals surface area contributed by atoms with E-state index in [9.17, 15) is 0 Å². The standard InChI is InChI=1S/C11H12ClN5/c12-11-16-9-8(13-5-6-14-9)10(17-11)15-7-3-1-2-4-7/h5-7H,1-4H2,(H,14,15,16,17). The van der Waals surface area contributed by atoms with Gasteiger partial charge in [-0.1, -0.05) is 12.8 Å². The molecule has 0 aliphatic heterocycles. The van der Waals surface area contributed by atoms with Crippen LogP contribution in [-0.2, 0) is 0 Å². The van der Waals surface area contributed by atoms with Crippen LogP contribution in [0.2, 0.25) is 5.28 Å². The van der Waals surface area contributed by atoms with Crippen LogP contribution in [0.25, 0.3) is 11.2 Å². The lowest BCUT2D eigenvalue weighted by Crippen LogP contribution is -2.16. The fraction of sp³-hybridized carbons (Fsp3) is 0.455. The summed E-state index contributed by atoms with van der Waals surface area (Å²) in [6.07, 6.45) is 8.11. The summed E-state index contributed by atoms with van der Waals surface area (Å²) in [5.74, 6) is 0.694. The van der Waals surface area contributed by atoms with Crippen molar-refractivity contribution in [1.29, 1.82) is 0 Å². The van der Waals surface area contributed by atoms with Gasteiger partial charge in [0.15, 0.2) is 17.0 Å². The van der Waals surface area contributed by atoms with Crippen LogP contribution in [0.3, 0.4) is 0 Å². The maximum atomic E-state index is 5.88. The molecule has 1 saturated carbocycles. The summed E-state index contributed by atoms with van der Waals surface area (Å²) in [5, 5.41) is 3.59. The largest absolute Gasteiger partial charge is 0.365 e. The van der Waals surface area contributed by atoms with Gasteiger partial charge < -0.3 is 5.32 Å². The Hall–Kier alpha value is -1.49. The lowest BCUT2D eigenvalue weighted by Gasteiger charge is -2.13. The number of hydrogen-bond donors (Lipinski definition) is 1. The van der Waals surface area contributed by atoms with E-state index in [1.54, 1.807) is 12.4 Å². The molecule has 1 aliphatic carbocycles. The van der Waals surface area contributed by atoms with Crippen LogP contribution in [0.4, 0.5) is 5.82 Å². The van der Waals surface area contributed by atoms with Crippen LogP contribution in [0.1, 0.15) is 25.7 Å². The quantitative estimate of drug-likeness (QED) is 0.829. The first-order valence-corrected chi connectivity index (χ1v) is 6.11. The van der Waals surface area contributed by atoms with E-state index in [1.807, 2.05) is 0 Å². The Morgan fingerprint density at radius 2 is 1.88 bits per heavy atom. The number of halogens is 1. The average Bonchev–Trinajstić information content (AvgIpc) is 2.81. The minimum atomic E-state index is 0.207. The third-order valence-electron chi connectivity index (χ3n) is 3.00. The Kier molecular flexibility index (Phi) is 2.76. The number of hydrogen-bond acceptors (Lipinski definition) is 5. The first-order chi connectivity index (χ1) is 8.33. The van der Waals surface area contributed by atoms with Crippen LogP contribution in [0, 0.1) is 0 Å². The average molecular weight is 250 g/mol. The van der Waals surface area contributed by atoms with E-state index in [4.69, 9.17) is 11.6 Å². The third-order valence-corrected chi connectivity index (χ3v) is 3.17. The highest BCUT2D eigenvalue weighted by molar-refractivity contribution is 6.28. The maximum Gasteiger partial charge on any atom is 0.226 e. The molecule has 2 aromatic heterocycles. The van der Waals surface area contributed by atoms with Crippen molar-refractivity contribution in [3.63, 3.8) is 0 Å². The van der Waals surface area contributed by atoms with E-state index in [1.165, 1.54) is 25.7 Å². The minimum absolute atomic E-state index is 0.207. The number of nitrogens with zero attached hydrogens (tertiary/aromatic N) is 4. The summed E-state index contributed by atoms with van der Waals surface area (Å²) in [6.45, 7) is 0. The Labute approximate surface area is 104 Å². The van der Waals surface area contributed by atoms with Gasteiger partial charge >= 0.3 is 0 Å². The van der Waals surface area contributed by atoms with Crippen LogP contribution in [0.15, 0.2) is 12.4 Å². The van der Waals surface area contributed by atoms with Gasteiger partial charge in [-0.2, -0.15) is 9.97 Å². The molecule has 0 saturated heterocycles. The first-order valence-electron chi connectivity index (χ1n) is 5.74. The molecular weight excluding hydrogens is 238 g/mol. The summed E-state index contributed by atoms with van der Waals surface area (Å²) in [5.41, 5.74) is 1.22. The van der Waals surface area contributed by atoms with Crippen LogP contribution in [-0.4, -0.2) is 26.0 Å². The second kappa shape index (κ2) is 4.41. The summed E-state index contributed by atoms with van der Waals surface area (Å²) < 4.78 is 0. The molecule has 88 valence electrons. The van der Waals surface area contributed by atoms with Crippen LogP contribution < -0.4 is 5.32 Å². The second-order valence-electron chi connectivity index (χ2n) is 4.20. The Morgan fingerprint density at radius 1 is 1.12 bits per heavy atom. The van der Waals surface area contributed by atoms with Gasteiger partial charge in [-0.05, 0) is 24.4 Å². The topological polar surface area (TPSA) is 63.6 Å². The van der Waals surface area contributed by atoms with Crippen molar-refractivity contribution in [2.24, 2.45) is 0 Å². The van der Waals surface area contributed by atoms with Crippen LogP contribution in [0.5, 0.6) is 0 Å². The monoisotopic (exact) mass is 249 g/mol. The molecule has 0 unspecified atom stereocenters. The van der Waals surface area contributed by atoms with E-state index in [0.717, 1.165) is 0 Å². The Bertz CT molecular complexity index is 538. The molecule has 0 spiro atoms. The van der Waals surface area contributed by atoms with Gasteiger partial charge in [0.2, 0.25) is 5.28 Å². The highest BCUT2D eigenvalue weighted by Gasteiger charge is 2.17. The lowest BCUT2D eigenvalue weighted by molar-refractivity contribution is 0.751. The van der Waals surface area contributed by atoms with Gasteiger partial charge in [0.1, 0.15) is 0 Å². The van der Waals surface area contributed by atoms with Gasteiger partial charge in [0.05, 0.1) is 0 Å². The van der Waals surface area contributed by atoms with Crippen molar-refractivity contribution >= 4 is 28.6 Å². The molecule has 2 aromatic rings. The van der Waals surface area contributed by atoms with Crippen molar-refractivity contribution in [2.75, 3.05) is 5.32 Å². The van der Waals surface area contributed by atoms with Gasteiger partial charge in [-0.25, -0.2) is 9.97 Å². The van der Waals surface area contributed by atoms with E-state index >= 15 is 0 Å². The molecule has 0 amide bonds. The smallest absolute Gasteiger partial charge is 0.226 e. The van der Waals surface area contributed by atoms with Gasteiger partial charge in [0.25, 0.3) is 0 Å². The number of fused-ring (bicyclic) bond motifs is 1. The van der Waals surface area contributed by atoms with Crippen LogP contribution >= 0.6 is 11.6 Å². The predicted octanol–water partition coefficient (Wildman–Crippen LogP) is 2.43. The number of anilines is 1. The molecule has 6 heteroatoms. The van der Waals surface area contributed by atoms with E-state index in [0.29, 0.717) is 23.0 Å². The van der Waals surface area contributed by atoms with Crippen molar-refractivity contribution < 1.29 is 0 Å². The van der Waals surface area contributed by atoms with Gasteiger partial charge in [-0.3, -0.25) is 0 Å². The zero-order valence-electron chi connectivity index (χ0n) is 9.23. The van der Waals surface area contributed by atoms with E-state index in [2.05, 4.69) is 25.3 Å². The highest BCUT2D eigenvalue weighted by Crippen LogP contribution is 2.24. The predicted molar refractivity (Wildman–Crippen MR) is 66.0 cm³/mol. The molecule has 17 heavy (non-hydrogen) atoms. The Balaban J connectivity index is 2.01. The highest BCUT2D eigenvalue weighted by atomic mass is 35.5. The Morgan fingerprint density at radius 3 is 2.71 bits per heavy atom. The van der Waals surface area contributed by atoms with E-state index < -0.39 is 0 Å². The molecule has 0 atom stereocenters. The molecule has 1 aliphatic rings. The zero-order chi connectivity index (χ0) is 11.7. The fourth-order valence-corrected chi connectivity index (χ4v) is 2.37. The number of rotatable bonds is 2. The van der Waals surface area contributed by atoms with Crippen molar-refractivity contribution in [2.45, 2.75) is 31.7 Å². The molecule has 3 rings (SSSR count). The van der Waals surface area contributed by atoms with E-state index in [-0.39, 0.29) is 5.28 Å².